The van der Waals surface area contributed by atoms with Crippen molar-refractivity contribution in [2.24, 2.45) is 0 Å². The van der Waals surface area contributed by atoms with Crippen LogP contribution < -0.4 is 35.0 Å². The molecule has 0 saturated carbocycles. The number of nitrogens with zero attached hydrogens (tertiary/aromatic N) is 3. The van der Waals surface area contributed by atoms with Crippen LogP contribution in [0.3, 0.4) is 0 Å². The molecule has 1 aliphatic rings. The zero-order chi connectivity index (χ0) is 11.5. The second-order valence-corrected chi connectivity index (χ2v) is 5.61. The van der Waals surface area contributed by atoms with Crippen LogP contribution in [0.2, 0.25) is 0 Å². The van der Waals surface area contributed by atoms with Crippen LogP contribution in [0.15, 0.2) is 0 Å². The van der Waals surface area contributed by atoms with Crippen molar-refractivity contribution in [1.29, 1.82) is 0 Å². The minimum Gasteiger partial charge on any atom is -1.00 e. The third-order valence-electron chi connectivity index (χ3n) is 1.65. The molecule has 1 saturated heterocycles. The van der Waals surface area contributed by atoms with Crippen molar-refractivity contribution >= 4 is 33.7 Å². The van der Waals surface area contributed by atoms with Crippen molar-refractivity contribution < 1.29 is 44.0 Å². The average molecular weight is 303 g/mol. The minimum absolute atomic E-state index is 0. The van der Waals surface area contributed by atoms with Crippen LogP contribution >= 0.6 is 23.6 Å². The predicted molar refractivity (Wildman–Crippen MR) is 57.4 cm³/mol. The molecule has 0 aromatic heterocycles. The van der Waals surface area contributed by atoms with Gasteiger partial charge in [0.2, 0.25) is 0 Å². The molecule has 0 bridgehead atoms. The summed E-state index contributed by atoms with van der Waals surface area (Å²) in [5, 5.41) is 1.63. The summed E-state index contributed by atoms with van der Waals surface area (Å²) in [6, 6.07) is 0. The summed E-state index contributed by atoms with van der Waals surface area (Å²) in [5.74, 6) is -0.353. The van der Waals surface area contributed by atoms with Gasteiger partial charge in [-0.3, -0.25) is 9.98 Å². The van der Waals surface area contributed by atoms with E-state index in [0.29, 0.717) is 20.0 Å². The topological polar surface area (TPSA) is 76.1 Å². The van der Waals surface area contributed by atoms with Crippen LogP contribution in [0.4, 0.5) is 0 Å². The van der Waals surface area contributed by atoms with E-state index in [2.05, 4.69) is 5.43 Å². The van der Waals surface area contributed by atoms with Crippen molar-refractivity contribution in [3.05, 3.63) is 0 Å². The smallest absolute Gasteiger partial charge is 1.00 e. The Labute approximate surface area is 128 Å². The number of hydrogen-bond acceptors (Lipinski definition) is 6. The number of hydrazine groups is 1. The Hall–Kier alpha value is 1.33. The monoisotopic (exact) mass is 302 g/mol. The molecule has 0 aliphatic carbocycles. The molecule has 0 unspecified atom stereocenters. The molecule has 0 atom stereocenters. The molecular formula is C5H13Cl2N4NaO3S. The zero-order valence-electron chi connectivity index (χ0n) is 9.81. The van der Waals surface area contributed by atoms with E-state index in [-0.39, 0.29) is 43.3 Å². The fourth-order valence-electron chi connectivity index (χ4n) is 1.10. The van der Waals surface area contributed by atoms with Gasteiger partial charge in [0, 0.05) is 6.54 Å². The van der Waals surface area contributed by atoms with E-state index in [9.17, 15) is 8.42 Å². The van der Waals surface area contributed by atoms with Crippen molar-refractivity contribution in [1.82, 2.24) is 19.3 Å². The van der Waals surface area contributed by atoms with Gasteiger partial charge < -0.3 is 1.43 Å². The van der Waals surface area contributed by atoms with Crippen LogP contribution in [-0.4, -0.2) is 59.1 Å². The summed E-state index contributed by atoms with van der Waals surface area (Å²) < 4.78 is 32.2. The normalized spacial score (nSPS) is 20.7. The van der Waals surface area contributed by atoms with Gasteiger partial charge in [0.1, 0.15) is 0 Å². The molecule has 11 heteroatoms. The minimum atomic E-state index is -3.93. The van der Waals surface area contributed by atoms with Gasteiger partial charge in [0.25, 0.3) is 10.1 Å². The van der Waals surface area contributed by atoms with Crippen molar-refractivity contribution in [2.75, 3.05) is 32.3 Å². The molecule has 0 aromatic rings. The van der Waals surface area contributed by atoms with E-state index in [4.69, 9.17) is 28.1 Å². The fourth-order valence-corrected chi connectivity index (χ4v) is 2.02. The van der Waals surface area contributed by atoms with Crippen LogP contribution in [0.1, 0.15) is 1.43 Å². The second kappa shape index (κ2) is 7.70. The van der Waals surface area contributed by atoms with Gasteiger partial charge in [-0.15, -0.1) is 0 Å². The molecule has 2 N–H and O–H groups in total. The van der Waals surface area contributed by atoms with E-state index < -0.39 is 10.1 Å². The predicted octanol–water partition coefficient (Wildman–Crippen LogP) is -3.40. The quantitative estimate of drug-likeness (QED) is 0.318. The molecule has 0 spiro atoms. The first kappa shape index (κ1) is 17.3. The number of rotatable bonds is 4. The maximum Gasteiger partial charge on any atom is 1.00 e. The van der Waals surface area contributed by atoms with E-state index in [1.807, 2.05) is 0 Å². The van der Waals surface area contributed by atoms with Gasteiger partial charge in [-0.05, 0) is 23.6 Å². The third-order valence-corrected chi connectivity index (χ3v) is 2.80. The Balaban J connectivity index is 0. The van der Waals surface area contributed by atoms with E-state index >= 15 is 0 Å². The number of hydrogen-bond donors (Lipinski definition) is 2. The Bertz CT molecular complexity index is 302. The Morgan fingerprint density at radius 1 is 1.25 bits per heavy atom. The summed E-state index contributed by atoms with van der Waals surface area (Å²) in [7, 11) is -3.93. The van der Waals surface area contributed by atoms with Crippen LogP contribution in [0, 0.1) is 0 Å². The molecule has 1 heterocycles. The summed E-state index contributed by atoms with van der Waals surface area (Å²) in [4.78, 5) is 0. The van der Waals surface area contributed by atoms with Crippen molar-refractivity contribution in [3.63, 3.8) is 0 Å². The maximum atomic E-state index is 10.4. The summed E-state index contributed by atoms with van der Waals surface area (Å²) in [5.41, 5.74) is 2.78. The first-order chi connectivity index (χ1) is 6.87. The van der Waals surface area contributed by atoms with Gasteiger partial charge >= 0.3 is 29.6 Å². The SMILES string of the molecule is O=S(=O)(O)CCNN1CN(Cl)CN(Cl)C1.[H-].[Na+]. The van der Waals surface area contributed by atoms with E-state index in [1.165, 1.54) is 8.84 Å². The van der Waals surface area contributed by atoms with Crippen molar-refractivity contribution in [3.8, 4) is 0 Å². The molecule has 7 nitrogen and oxygen atoms in total. The molecule has 0 radical (unpaired) electrons. The summed E-state index contributed by atoms with van der Waals surface area (Å²) in [6.07, 6.45) is 0. The Morgan fingerprint density at radius 3 is 2.19 bits per heavy atom. The largest absolute Gasteiger partial charge is 1.00 e. The van der Waals surface area contributed by atoms with Gasteiger partial charge in [-0.25, -0.2) is 5.01 Å². The molecule has 16 heavy (non-hydrogen) atoms. The summed E-state index contributed by atoms with van der Waals surface area (Å²) in [6.45, 7) is 1.35. The first-order valence-corrected chi connectivity index (χ1v) is 6.40. The van der Waals surface area contributed by atoms with Crippen molar-refractivity contribution in [2.45, 2.75) is 0 Å². The fraction of sp³-hybridized carbons (Fsp3) is 1.00. The molecule has 0 amide bonds. The average Bonchev–Trinajstić information content (AvgIpc) is 1.99. The van der Waals surface area contributed by atoms with Gasteiger partial charge in [0.15, 0.2) is 0 Å². The second-order valence-electron chi connectivity index (χ2n) is 3.08. The number of halogens is 2. The van der Waals surface area contributed by atoms with Crippen LogP contribution in [0.5, 0.6) is 0 Å². The molecule has 1 rings (SSSR count). The van der Waals surface area contributed by atoms with E-state index in [0.717, 1.165) is 0 Å². The van der Waals surface area contributed by atoms with Crippen LogP contribution in [-0.2, 0) is 10.1 Å². The molecular weight excluding hydrogens is 290 g/mol. The van der Waals surface area contributed by atoms with Gasteiger partial charge in [0.05, 0.1) is 25.8 Å². The number of nitrogens with one attached hydrogen (secondary N) is 1. The van der Waals surface area contributed by atoms with Gasteiger partial charge in [-0.1, -0.05) is 0 Å². The molecule has 1 fully saturated rings. The summed E-state index contributed by atoms with van der Waals surface area (Å²) >= 11 is 11.5. The Kier molecular flexibility index (Phi) is 8.34. The zero-order valence-corrected chi connectivity index (χ0v) is 13.1. The Morgan fingerprint density at radius 2 is 1.75 bits per heavy atom. The molecule has 1 aliphatic heterocycles. The van der Waals surface area contributed by atoms with Gasteiger partial charge in [-0.2, -0.15) is 17.3 Å². The first-order valence-electron chi connectivity index (χ1n) is 4.12. The third kappa shape index (κ3) is 7.62. The maximum absolute atomic E-state index is 10.4. The van der Waals surface area contributed by atoms with E-state index in [1.54, 1.807) is 5.01 Å². The molecule has 0 aromatic carbocycles. The standard InChI is InChI=1S/C5H12Cl2N4O3S.Na.H/c6-9-3-10(7)5-11(4-9)8-1-2-15(12,13)14;;/h8H,1-5H2,(H,12,13,14);;/q;+1;-1. The molecule has 92 valence electrons. The van der Waals surface area contributed by atoms with Crippen LogP contribution in [0.25, 0.3) is 0 Å².